The molecule has 7 heteroatoms. The second kappa shape index (κ2) is 13.8. The van der Waals surface area contributed by atoms with Gasteiger partial charge < -0.3 is 19.9 Å². The lowest BCUT2D eigenvalue weighted by molar-refractivity contribution is -0.133. The maximum atomic E-state index is 13.6. The zero-order valence-corrected chi connectivity index (χ0v) is 22.6. The van der Waals surface area contributed by atoms with E-state index in [2.05, 4.69) is 24.4 Å². The van der Waals surface area contributed by atoms with E-state index in [1.807, 2.05) is 74.2 Å². The number of rotatable bonds is 12. The fraction of sp³-hybridized carbons (Fsp3) is 0.379. The molecule has 1 N–H and O–H groups in total. The van der Waals surface area contributed by atoms with Crippen molar-refractivity contribution in [2.24, 2.45) is 0 Å². The van der Waals surface area contributed by atoms with Crippen LogP contribution in [0.3, 0.4) is 0 Å². The number of amides is 3. The predicted molar refractivity (Wildman–Crippen MR) is 147 cm³/mol. The van der Waals surface area contributed by atoms with Gasteiger partial charge in [0.25, 0.3) is 0 Å². The predicted octanol–water partition coefficient (Wildman–Crippen LogP) is 6.16. The van der Waals surface area contributed by atoms with Gasteiger partial charge in [0.05, 0.1) is 6.54 Å². The average Bonchev–Trinajstić information content (AvgIpc) is 3.28. The maximum absolute atomic E-state index is 13.6. The van der Waals surface area contributed by atoms with Gasteiger partial charge in [0.15, 0.2) is 0 Å². The first-order valence-electron chi connectivity index (χ1n) is 12.4. The van der Waals surface area contributed by atoms with Crippen molar-refractivity contribution < 1.29 is 14.3 Å². The van der Waals surface area contributed by atoms with Crippen molar-refractivity contribution in [3.8, 4) is 0 Å². The molecule has 192 valence electrons. The van der Waals surface area contributed by atoms with Crippen molar-refractivity contribution >= 4 is 29.0 Å². The van der Waals surface area contributed by atoms with Crippen LogP contribution in [-0.4, -0.2) is 48.0 Å². The summed E-state index contributed by atoms with van der Waals surface area (Å²) >= 11 is 1.69. The fourth-order valence-electron chi connectivity index (χ4n) is 3.89. The molecule has 6 nitrogen and oxygen atoms in total. The Morgan fingerprint density at radius 3 is 2.39 bits per heavy atom. The monoisotopic (exact) mass is 507 g/mol. The molecule has 3 aromatic rings. The summed E-state index contributed by atoms with van der Waals surface area (Å²) in [7, 11) is 0. The number of urea groups is 1. The van der Waals surface area contributed by atoms with E-state index in [1.54, 1.807) is 16.2 Å². The molecule has 1 heterocycles. The van der Waals surface area contributed by atoms with E-state index in [0.29, 0.717) is 39.3 Å². The van der Waals surface area contributed by atoms with Crippen LogP contribution in [0.2, 0.25) is 0 Å². The zero-order valence-electron chi connectivity index (χ0n) is 21.8. The second-order valence-corrected chi connectivity index (χ2v) is 10.3. The fourth-order valence-corrected chi connectivity index (χ4v) is 4.80. The summed E-state index contributed by atoms with van der Waals surface area (Å²) in [4.78, 5) is 32.7. The van der Waals surface area contributed by atoms with Crippen LogP contribution in [0, 0.1) is 20.8 Å². The van der Waals surface area contributed by atoms with E-state index in [0.717, 1.165) is 27.3 Å². The van der Waals surface area contributed by atoms with Gasteiger partial charge in [0.1, 0.15) is 6.54 Å². The third-order valence-corrected chi connectivity index (χ3v) is 7.08. The highest BCUT2D eigenvalue weighted by Gasteiger charge is 2.23. The molecule has 0 saturated carbocycles. The Hall–Kier alpha value is -3.16. The summed E-state index contributed by atoms with van der Waals surface area (Å²) < 4.78 is 5.48. The van der Waals surface area contributed by atoms with Gasteiger partial charge >= 0.3 is 6.03 Å². The van der Waals surface area contributed by atoms with Crippen LogP contribution >= 0.6 is 11.3 Å². The lowest BCUT2D eigenvalue weighted by atomic mass is 10.1. The molecule has 0 radical (unpaired) electrons. The highest BCUT2D eigenvalue weighted by Crippen LogP contribution is 2.20. The Labute approximate surface area is 218 Å². The second-order valence-electron chi connectivity index (χ2n) is 8.90. The van der Waals surface area contributed by atoms with Crippen LogP contribution in [0.4, 0.5) is 10.5 Å². The molecule has 0 aliphatic carbocycles. The quantitative estimate of drug-likeness (QED) is 0.299. The van der Waals surface area contributed by atoms with E-state index >= 15 is 0 Å². The van der Waals surface area contributed by atoms with Crippen LogP contribution in [0.5, 0.6) is 0 Å². The van der Waals surface area contributed by atoms with E-state index in [4.69, 9.17) is 4.74 Å². The number of nitrogens with zero attached hydrogens (tertiary/aromatic N) is 2. The summed E-state index contributed by atoms with van der Waals surface area (Å²) in [5.74, 6) is -0.0857. The minimum Gasteiger partial charge on any atom is -0.382 e. The molecule has 2 aromatic carbocycles. The number of nitrogens with one attached hydrogen (secondary N) is 1. The molecule has 0 aliphatic heterocycles. The minimum atomic E-state index is -0.278. The number of thiophene rings is 1. The van der Waals surface area contributed by atoms with Gasteiger partial charge in [0, 0.05) is 41.7 Å². The normalized spacial score (nSPS) is 10.8. The van der Waals surface area contributed by atoms with Crippen LogP contribution in [0.1, 0.15) is 39.8 Å². The molecular formula is C29H37N3O3S. The van der Waals surface area contributed by atoms with Crippen LogP contribution in [-0.2, 0) is 22.6 Å². The maximum Gasteiger partial charge on any atom is 0.322 e. The number of hydrogen-bond donors (Lipinski definition) is 1. The van der Waals surface area contributed by atoms with Crippen molar-refractivity contribution in [1.82, 2.24) is 9.80 Å². The van der Waals surface area contributed by atoms with E-state index in [9.17, 15) is 9.59 Å². The van der Waals surface area contributed by atoms with Gasteiger partial charge in [-0.2, -0.15) is 0 Å². The van der Waals surface area contributed by atoms with Crippen molar-refractivity contribution in [3.63, 3.8) is 0 Å². The molecule has 0 bridgehead atoms. The molecule has 0 spiro atoms. The molecule has 0 aliphatic rings. The topological polar surface area (TPSA) is 61.9 Å². The standard InChI is InChI=1S/C29H37N3O3S/c1-5-35-18-10-17-31(29(34)30-27-14-9-11-22(2)24(27)4)21-28(33)32(19-25-12-7-6-8-13-25)20-26-16-15-23(3)36-26/h6-9,11-16H,5,10,17-21H2,1-4H3,(H,30,34). The Kier molecular flexibility index (Phi) is 10.5. The van der Waals surface area contributed by atoms with Crippen molar-refractivity contribution in [2.75, 3.05) is 31.6 Å². The molecule has 0 unspecified atom stereocenters. The van der Waals surface area contributed by atoms with Gasteiger partial charge in [-0.1, -0.05) is 42.5 Å². The highest BCUT2D eigenvalue weighted by atomic mass is 32.1. The summed E-state index contributed by atoms with van der Waals surface area (Å²) in [5.41, 5.74) is 3.94. The van der Waals surface area contributed by atoms with E-state index in [1.165, 1.54) is 4.88 Å². The molecule has 0 saturated heterocycles. The van der Waals surface area contributed by atoms with Crippen LogP contribution < -0.4 is 5.32 Å². The highest BCUT2D eigenvalue weighted by molar-refractivity contribution is 7.11. The molecule has 3 rings (SSSR count). The molecule has 3 amide bonds. The number of ether oxygens (including phenoxy) is 1. The Balaban J connectivity index is 1.77. The van der Waals surface area contributed by atoms with E-state index < -0.39 is 0 Å². The average molecular weight is 508 g/mol. The van der Waals surface area contributed by atoms with Crippen molar-refractivity contribution in [3.05, 3.63) is 87.1 Å². The third-order valence-electron chi connectivity index (χ3n) is 6.09. The number of anilines is 1. The molecule has 0 fully saturated rings. The Morgan fingerprint density at radius 1 is 0.917 bits per heavy atom. The molecule has 1 aromatic heterocycles. The first kappa shape index (κ1) is 27.4. The number of carbonyl (C=O) groups excluding carboxylic acids is 2. The van der Waals surface area contributed by atoms with Gasteiger partial charge in [0.2, 0.25) is 5.91 Å². The van der Waals surface area contributed by atoms with Gasteiger partial charge in [-0.15, -0.1) is 11.3 Å². The summed E-state index contributed by atoms with van der Waals surface area (Å²) in [6.07, 6.45) is 0.657. The smallest absolute Gasteiger partial charge is 0.322 e. The number of benzene rings is 2. The third kappa shape index (κ3) is 8.21. The van der Waals surface area contributed by atoms with Gasteiger partial charge in [-0.3, -0.25) is 4.79 Å². The van der Waals surface area contributed by atoms with Gasteiger partial charge in [-0.25, -0.2) is 4.79 Å². The lowest BCUT2D eigenvalue weighted by Gasteiger charge is -2.28. The number of aryl methyl sites for hydroxylation is 2. The minimum absolute atomic E-state index is 0.0000125. The number of hydrogen-bond acceptors (Lipinski definition) is 4. The zero-order chi connectivity index (χ0) is 25.9. The first-order valence-corrected chi connectivity index (χ1v) is 13.3. The Morgan fingerprint density at radius 2 is 1.69 bits per heavy atom. The van der Waals surface area contributed by atoms with E-state index in [-0.39, 0.29) is 18.5 Å². The molecule has 0 atom stereocenters. The molecule has 36 heavy (non-hydrogen) atoms. The Bertz CT molecular complexity index is 1130. The molecular weight excluding hydrogens is 470 g/mol. The van der Waals surface area contributed by atoms with Crippen molar-refractivity contribution in [2.45, 2.75) is 47.2 Å². The van der Waals surface area contributed by atoms with Crippen LogP contribution in [0.15, 0.2) is 60.7 Å². The number of carbonyl (C=O) groups is 2. The largest absolute Gasteiger partial charge is 0.382 e. The van der Waals surface area contributed by atoms with Crippen molar-refractivity contribution in [1.29, 1.82) is 0 Å². The summed E-state index contributed by atoms with van der Waals surface area (Å²) in [5, 5.41) is 3.02. The lowest BCUT2D eigenvalue weighted by Crippen LogP contribution is -2.44. The SMILES string of the molecule is CCOCCCN(CC(=O)N(Cc1ccccc1)Cc1ccc(C)s1)C(=O)Nc1cccc(C)c1C. The van der Waals surface area contributed by atoms with Gasteiger partial charge in [-0.05, 0) is 69.0 Å². The summed E-state index contributed by atoms with van der Waals surface area (Å²) in [6.45, 7) is 10.6. The van der Waals surface area contributed by atoms with Crippen LogP contribution in [0.25, 0.3) is 0 Å². The first-order chi connectivity index (χ1) is 17.4. The summed E-state index contributed by atoms with van der Waals surface area (Å²) in [6, 6.07) is 19.7.